The van der Waals surface area contributed by atoms with Crippen molar-refractivity contribution in [3.8, 4) is 0 Å². The lowest BCUT2D eigenvalue weighted by Gasteiger charge is -2.22. The summed E-state index contributed by atoms with van der Waals surface area (Å²) in [5.74, 6) is -2.12. The van der Waals surface area contributed by atoms with Crippen LogP contribution >= 0.6 is 34.5 Å². The Morgan fingerprint density at radius 2 is 1.75 bits per heavy atom. The molecule has 2 nitrogen and oxygen atoms in total. The van der Waals surface area contributed by atoms with Crippen LogP contribution < -0.4 is 5.73 Å². The van der Waals surface area contributed by atoms with E-state index in [0.29, 0.717) is 14.2 Å². The van der Waals surface area contributed by atoms with Gasteiger partial charge in [0.1, 0.15) is 16.0 Å². The minimum Gasteiger partial charge on any atom is -0.388 e. The van der Waals surface area contributed by atoms with Crippen LogP contribution in [0.2, 0.25) is 8.67 Å². The molecule has 108 valence electrons. The molecule has 2 aromatic rings. The molecule has 0 amide bonds. The van der Waals surface area contributed by atoms with Crippen molar-refractivity contribution in [2.24, 2.45) is 5.73 Å². The Balaban J connectivity index is 2.38. The second-order valence-corrected chi connectivity index (χ2v) is 6.55. The van der Waals surface area contributed by atoms with E-state index in [-0.39, 0.29) is 12.1 Å². The molecule has 20 heavy (non-hydrogen) atoms. The van der Waals surface area contributed by atoms with E-state index in [9.17, 15) is 13.9 Å². The lowest BCUT2D eigenvalue weighted by Crippen LogP contribution is -2.20. The maximum Gasteiger partial charge on any atom is 0.126 e. The number of rotatable bonds is 4. The van der Waals surface area contributed by atoms with Crippen molar-refractivity contribution in [1.29, 1.82) is 0 Å². The quantitative estimate of drug-likeness (QED) is 0.881. The van der Waals surface area contributed by atoms with Crippen LogP contribution in [0.5, 0.6) is 0 Å². The van der Waals surface area contributed by atoms with Gasteiger partial charge in [-0.1, -0.05) is 23.2 Å². The fourth-order valence-electron chi connectivity index (χ4n) is 2.01. The van der Waals surface area contributed by atoms with Gasteiger partial charge in [-0.25, -0.2) is 8.78 Å². The maximum absolute atomic E-state index is 13.3. The molecule has 2 unspecified atom stereocenters. The summed E-state index contributed by atoms with van der Waals surface area (Å²) in [6.45, 7) is 0.00779. The van der Waals surface area contributed by atoms with E-state index < -0.39 is 23.7 Å². The zero-order valence-electron chi connectivity index (χ0n) is 10.1. The zero-order chi connectivity index (χ0) is 14.9. The van der Waals surface area contributed by atoms with E-state index in [1.54, 1.807) is 0 Å². The van der Waals surface area contributed by atoms with Crippen LogP contribution in [0.1, 0.15) is 23.1 Å². The molecule has 0 aliphatic rings. The molecule has 2 atom stereocenters. The van der Waals surface area contributed by atoms with Gasteiger partial charge in [0.15, 0.2) is 0 Å². The summed E-state index contributed by atoms with van der Waals surface area (Å²) in [7, 11) is 0. The van der Waals surface area contributed by atoms with Crippen molar-refractivity contribution in [2.75, 3.05) is 6.54 Å². The highest BCUT2D eigenvalue weighted by molar-refractivity contribution is 7.20. The maximum atomic E-state index is 13.3. The first-order valence-electron chi connectivity index (χ1n) is 5.71. The van der Waals surface area contributed by atoms with Crippen molar-refractivity contribution in [1.82, 2.24) is 0 Å². The largest absolute Gasteiger partial charge is 0.388 e. The van der Waals surface area contributed by atoms with Gasteiger partial charge < -0.3 is 10.8 Å². The fraction of sp³-hybridized carbons (Fsp3) is 0.231. The average Bonchev–Trinajstić information content (AvgIpc) is 2.68. The van der Waals surface area contributed by atoms with Crippen LogP contribution in [0.4, 0.5) is 8.78 Å². The monoisotopic (exact) mass is 337 g/mol. The van der Waals surface area contributed by atoms with E-state index in [1.807, 2.05) is 0 Å². The van der Waals surface area contributed by atoms with Crippen LogP contribution in [-0.2, 0) is 0 Å². The second kappa shape index (κ2) is 6.37. The molecule has 7 heteroatoms. The molecule has 0 saturated carbocycles. The van der Waals surface area contributed by atoms with Crippen LogP contribution in [0.15, 0.2) is 24.3 Å². The highest BCUT2D eigenvalue weighted by Gasteiger charge is 2.26. The first-order valence-corrected chi connectivity index (χ1v) is 7.28. The molecular weight excluding hydrogens is 327 g/mol. The topological polar surface area (TPSA) is 46.2 Å². The smallest absolute Gasteiger partial charge is 0.126 e. The molecule has 0 aliphatic carbocycles. The first kappa shape index (κ1) is 15.7. The standard InChI is InChI=1S/C13H11Cl2F2NOS/c14-11-4-9(13(15)20-11)12(19)10(5-18)6-1-7(16)3-8(17)2-6/h1-4,10,12,19H,5,18H2. The molecule has 1 heterocycles. The fourth-order valence-corrected chi connectivity index (χ4v) is 3.55. The van der Waals surface area contributed by atoms with Gasteiger partial charge in [0.2, 0.25) is 0 Å². The Morgan fingerprint density at radius 3 is 2.20 bits per heavy atom. The minimum atomic E-state index is -1.09. The Labute approximate surface area is 128 Å². The predicted molar refractivity (Wildman–Crippen MR) is 77.5 cm³/mol. The van der Waals surface area contributed by atoms with E-state index in [0.717, 1.165) is 29.5 Å². The molecule has 0 fully saturated rings. The molecule has 0 radical (unpaired) electrons. The number of aliphatic hydroxyl groups excluding tert-OH is 1. The number of aliphatic hydroxyl groups is 1. The van der Waals surface area contributed by atoms with Gasteiger partial charge in [-0.2, -0.15) is 0 Å². The van der Waals surface area contributed by atoms with Gasteiger partial charge in [0.25, 0.3) is 0 Å². The third kappa shape index (κ3) is 3.30. The molecule has 3 N–H and O–H groups in total. The summed E-state index contributed by atoms with van der Waals surface area (Å²) >= 11 is 12.9. The molecule has 0 saturated heterocycles. The molecular formula is C13H11Cl2F2NOS. The summed E-state index contributed by atoms with van der Waals surface area (Å²) in [6, 6.07) is 4.58. The first-order chi connectivity index (χ1) is 9.42. The summed E-state index contributed by atoms with van der Waals surface area (Å²) in [4.78, 5) is 0. The van der Waals surface area contributed by atoms with Crippen molar-refractivity contribution in [2.45, 2.75) is 12.0 Å². The summed E-state index contributed by atoms with van der Waals surface area (Å²) in [6.07, 6.45) is -1.09. The number of hydrogen-bond acceptors (Lipinski definition) is 3. The normalized spacial score (nSPS) is 14.3. The zero-order valence-corrected chi connectivity index (χ0v) is 12.4. The minimum absolute atomic E-state index is 0.00779. The van der Waals surface area contributed by atoms with Gasteiger partial charge in [0.05, 0.1) is 10.4 Å². The van der Waals surface area contributed by atoms with E-state index in [1.165, 1.54) is 6.07 Å². The highest BCUT2D eigenvalue weighted by atomic mass is 35.5. The van der Waals surface area contributed by atoms with Gasteiger partial charge in [-0.15, -0.1) is 11.3 Å². The van der Waals surface area contributed by atoms with Crippen LogP contribution in [-0.4, -0.2) is 11.7 Å². The van der Waals surface area contributed by atoms with Gasteiger partial charge >= 0.3 is 0 Å². The number of thiophene rings is 1. The van der Waals surface area contributed by atoms with E-state index in [2.05, 4.69) is 0 Å². The van der Waals surface area contributed by atoms with Gasteiger partial charge in [-0.3, -0.25) is 0 Å². The SMILES string of the molecule is NCC(c1cc(F)cc(F)c1)C(O)c1cc(Cl)sc1Cl. The summed E-state index contributed by atoms with van der Waals surface area (Å²) in [5.41, 5.74) is 6.30. The van der Waals surface area contributed by atoms with Gasteiger partial charge in [0, 0.05) is 24.1 Å². The molecule has 1 aromatic heterocycles. The summed E-state index contributed by atoms with van der Waals surface area (Å²) in [5, 5.41) is 10.3. The molecule has 1 aromatic carbocycles. The Kier molecular flexibility index (Phi) is 4.99. The van der Waals surface area contributed by atoms with Crippen LogP contribution in [0.3, 0.4) is 0 Å². The van der Waals surface area contributed by atoms with Crippen LogP contribution in [0.25, 0.3) is 0 Å². The molecule has 0 aliphatic heterocycles. The Hall–Kier alpha value is -0.720. The van der Waals surface area contributed by atoms with Crippen LogP contribution in [0, 0.1) is 11.6 Å². The van der Waals surface area contributed by atoms with Crippen molar-refractivity contribution in [3.63, 3.8) is 0 Å². The number of hydrogen-bond donors (Lipinski definition) is 2. The predicted octanol–water partition coefficient (Wildman–Crippen LogP) is 4.11. The van der Waals surface area contributed by atoms with Crippen molar-refractivity contribution >= 4 is 34.5 Å². The molecule has 2 rings (SSSR count). The summed E-state index contributed by atoms with van der Waals surface area (Å²) < 4.78 is 27.3. The Morgan fingerprint density at radius 1 is 1.15 bits per heavy atom. The number of benzene rings is 1. The van der Waals surface area contributed by atoms with Crippen molar-refractivity contribution in [3.05, 3.63) is 55.7 Å². The molecule has 0 bridgehead atoms. The lowest BCUT2D eigenvalue weighted by molar-refractivity contribution is 0.147. The second-order valence-electron chi connectivity index (χ2n) is 4.27. The van der Waals surface area contributed by atoms with E-state index in [4.69, 9.17) is 28.9 Å². The molecule has 0 spiro atoms. The number of halogens is 4. The number of nitrogens with two attached hydrogens (primary N) is 1. The third-order valence-electron chi connectivity index (χ3n) is 2.95. The van der Waals surface area contributed by atoms with Crippen molar-refractivity contribution < 1.29 is 13.9 Å². The lowest BCUT2D eigenvalue weighted by atomic mass is 9.90. The van der Waals surface area contributed by atoms with Gasteiger partial charge in [-0.05, 0) is 23.8 Å². The third-order valence-corrected chi connectivity index (χ3v) is 4.47. The van der Waals surface area contributed by atoms with E-state index >= 15 is 0 Å². The average molecular weight is 338 g/mol. The highest BCUT2D eigenvalue weighted by Crippen LogP contribution is 2.40. The Bertz CT molecular complexity index is 600.